The second kappa shape index (κ2) is 8.36. The van der Waals surface area contributed by atoms with Crippen molar-refractivity contribution in [3.63, 3.8) is 0 Å². The van der Waals surface area contributed by atoms with E-state index in [0.29, 0.717) is 42.3 Å². The molecule has 2 aliphatic heterocycles. The van der Waals surface area contributed by atoms with Gasteiger partial charge in [-0.1, -0.05) is 6.07 Å². The zero-order chi connectivity index (χ0) is 20.4. The lowest BCUT2D eigenvalue weighted by Gasteiger charge is -2.36. The van der Waals surface area contributed by atoms with Crippen molar-refractivity contribution in [3.8, 4) is 5.75 Å². The molecule has 0 aliphatic carbocycles. The van der Waals surface area contributed by atoms with Gasteiger partial charge in [0.25, 0.3) is 11.8 Å². The molecule has 1 saturated heterocycles. The molecular formula is C21H23N3O4S. The molecule has 152 valence electrons. The highest BCUT2D eigenvalue weighted by Gasteiger charge is 2.43. The summed E-state index contributed by atoms with van der Waals surface area (Å²) in [5.41, 5.74) is 1.47. The number of amides is 2. The SMILES string of the molecule is COc1ccc(N2C(=O)C(c3cccs3)=C(N3CCN(CCO)CC3)C2=O)cc1. The van der Waals surface area contributed by atoms with Crippen LogP contribution in [0.15, 0.2) is 47.5 Å². The molecule has 3 heterocycles. The van der Waals surface area contributed by atoms with Crippen molar-refractivity contribution in [2.24, 2.45) is 0 Å². The summed E-state index contributed by atoms with van der Waals surface area (Å²) in [6.45, 7) is 3.50. The van der Waals surface area contributed by atoms with Crippen molar-refractivity contribution in [2.45, 2.75) is 0 Å². The summed E-state index contributed by atoms with van der Waals surface area (Å²) < 4.78 is 5.18. The maximum Gasteiger partial charge on any atom is 0.282 e. The van der Waals surface area contributed by atoms with Crippen LogP contribution in [0.25, 0.3) is 5.57 Å². The lowest BCUT2D eigenvalue weighted by atomic mass is 10.1. The Morgan fingerprint density at radius 1 is 1.03 bits per heavy atom. The summed E-state index contributed by atoms with van der Waals surface area (Å²) in [6, 6.07) is 10.7. The Morgan fingerprint density at radius 3 is 2.34 bits per heavy atom. The molecule has 8 heteroatoms. The van der Waals surface area contributed by atoms with Crippen LogP contribution in [-0.2, 0) is 9.59 Å². The van der Waals surface area contributed by atoms with Crippen LogP contribution in [0.2, 0.25) is 0 Å². The van der Waals surface area contributed by atoms with Crippen molar-refractivity contribution >= 4 is 34.4 Å². The van der Waals surface area contributed by atoms with Gasteiger partial charge in [-0.15, -0.1) is 11.3 Å². The first-order valence-corrected chi connectivity index (χ1v) is 10.4. The minimum atomic E-state index is -0.296. The second-order valence-corrected chi connectivity index (χ2v) is 7.84. The number of β-amino-alcohol motifs (C(OH)–C–C–N with tert-alkyl or cyclic N) is 1. The molecule has 1 N–H and O–H groups in total. The Kier molecular flexibility index (Phi) is 5.66. The third-order valence-electron chi connectivity index (χ3n) is 5.26. The van der Waals surface area contributed by atoms with Gasteiger partial charge in [-0.25, -0.2) is 4.90 Å². The molecule has 4 rings (SSSR count). The normalized spacial score (nSPS) is 18.1. The fourth-order valence-electron chi connectivity index (χ4n) is 3.76. The number of carbonyl (C=O) groups is 2. The van der Waals surface area contributed by atoms with E-state index >= 15 is 0 Å². The largest absolute Gasteiger partial charge is 0.497 e. The van der Waals surface area contributed by atoms with Gasteiger partial charge < -0.3 is 14.7 Å². The third-order valence-corrected chi connectivity index (χ3v) is 6.15. The topological polar surface area (TPSA) is 73.3 Å². The van der Waals surface area contributed by atoms with Crippen molar-refractivity contribution in [1.82, 2.24) is 9.80 Å². The molecule has 7 nitrogen and oxygen atoms in total. The summed E-state index contributed by atoms with van der Waals surface area (Å²) in [4.78, 5) is 33.0. The number of aliphatic hydroxyl groups excluding tert-OH is 1. The summed E-state index contributed by atoms with van der Waals surface area (Å²) >= 11 is 1.46. The van der Waals surface area contributed by atoms with E-state index in [9.17, 15) is 9.59 Å². The quantitative estimate of drug-likeness (QED) is 0.726. The molecule has 2 amide bonds. The Labute approximate surface area is 173 Å². The van der Waals surface area contributed by atoms with Gasteiger partial charge in [-0.2, -0.15) is 0 Å². The maximum absolute atomic E-state index is 13.4. The van der Waals surface area contributed by atoms with Gasteiger partial charge in [0.05, 0.1) is 25.0 Å². The number of piperazine rings is 1. The minimum Gasteiger partial charge on any atom is -0.497 e. The molecule has 29 heavy (non-hydrogen) atoms. The van der Waals surface area contributed by atoms with Gasteiger partial charge in [-0.3, -0.25) is 14.5 Å². The van der Waals surface area contributed by atoms with Crippen LogP contribution in [0.4, 0.5) is 5.69 Å². The van der Waals surface area contributed by atoms with Gasteiger partial charge in [0.1, 0.15) is 11.4 Å². The Balaban J connectivity index is 1.68. The van der Waals surface area contributed by atoms with E-state index in [1.54, 1.807) is 31.4 Å². The van der Waals surface area contributed by atoms with Crippen molar-refractivity contribution < 1.29 is 19.4 Å². The van der Waals surface area contributed by atoms with Gasteiger partial charge >= 0.3 is 0 Å². The van der Waals surface area contributed by atoms with Crippen LogP contribution in [0.1, 0.15) is 4.88 Å². The molecular weight excluding hydrogens is 390 g/mol. The molecule has 0 radical (unpaired) electrons. The fraction of sp³-hybridized carbons (Fsp3) is 0.333. The fourth-order valence-corrected chi connectivity index (χ4v) is 4.52. The summed E-state index contributed by atoms with van der Waals surface area (Å²) in [5, 5.41) is 11.1. The van der Waals surface area contributed by atoms with E-state index in [4.69, 9.17) is 9.84 Å². The molecule has 2 aliphatic rings. The summed E-state index contributed by atoms with van der Waals surface area (Å²) in [6.07, 6.45) is 0. The molecule has 1 aromatic carbocycles. The second-order valence-electron chi connectivity index (χ2n) is 6.90. The van der Waals surface area contributed by atoms with Crippen LogP contribution in [0.5, 0.6) is 5.75 Å². The average Bonchev–Trinajstić information content (AvgIpc) is 3.35. The molecule has 1 aromatic heterocycles. The zero-order valence-corrected chi connectivity index (χ0v) is 17.0. The predicted molar refractivity (Wildman–Crippen MR) is 112 cm³/mol. The standard InChI is InChI=1S/C21H23N3O4S/c1-28-16-6-4-15(5-7-16)24-20(26)18(17-3-2-14-29-17)19(21(24)27)23-10-8-22(9-11-23)12-13-25/h2-7,14,25H,8-13H2,1H3. The minimum absolute atomic E-state index is 0.117. The van der Waals surface area contributed by atoms with Crippen molar-refractivity contribution in [3.05, 3.63) is 52.4 Å². The Bertz CT molecular complexity index is 916. The lowest BCUT2D eigenvalue weighted by Crippen LogP contribution is -2.48. The first-order valence-electron chi connectivity index (χ1n) is 9.53. The number of nitrogens with zero attached hydrogens (tertiary/aromatic N) is 3. The molecule has 1 fully saturated rings. The highest BCUT2D eigenvalue weighted by atomic mass is 32.1. The van der Waals surface area contributed by atoms with E-state index in [2.05, 4.69) is 4.90 Å². The van der Waals surface area contributed by atoms with E-state index < -0.39 is 0 Å². The average molecular weight is 413 g/mol. The molecule has 0 atom stereocenters. The Hall–Kier alpha value is -2.68. The summed E-state index contributed by atoms with van der Waals surface area (Å²) in [5.74, 6) is 0.0779. The molecule has 0 spiro atoms. The zero-order valence-electron chi connectivity index (χ0n) is 16.2. The monoisotopic (exact) mass is 413 g/mol. The van der Waals surface area contributed by atoms with E-state index in [1.165, 1.54) is 16.2 Å². The number of methoxy groups -OCH3 is 1. The van der Waals surface area contributed by atoms with Crippen LogP contribution in [0, 0.1) is 0 Å². The number of anilines is 1. The van der Waals surface area contributed by atoms with E-state index in [1.807, 2.05) is 22.4 Å². The molecule has 0 unspecified atom stereocenters. The Morgan fingerprint density at radius 2 is 1.76 bits per heavy atom. The third kappa shape index (κ3) is 3.66. The van der Waals surface area contributed by atoms with Gasteiger partial charge in [0, 0.05) is 37.6 Å². The van der Waals surface area contributed by atoms with Gasteiger partial charge in [-0.05, 0) is 35.7 Å². The predicted octanol–water partition coefficient (Wildman–Crippen LogP) is 1.65. The van der Waals surface area contributed by atoms with Gasteiger partial charge in [0.2, 0.25) is 0 Å². The molecule has 0 saturated carbocycles. The smallest absolute Gasteiger partial charge is 0.282 e. The highest BCUT2D eigenvalue weighted by Crippen LogP contribution is 2.37. The van der Waals surface area contributed by atoms with Crippen LogP contribution in [0.3, 0.4) is 0 Å². The first kappa shape index (κ1) is 19.6. The number of aliphatic hydroxyl groups is 1. The number of thiophene rings is 1. The number of benzene rings is 1. The number of carbonyl (C=O) groups excluding carboxylic acids is 2. The summed E-state index contributed by atoms with van der Waals surface area (Å²) in [7, 11) is 1.58. The maximum atomic E-state index is 13.4. The highest BCUT2D eigenvalue weighted by molar-refractivity contribution is 7.11. The first-order chi connectivity index (χ1) is 14.1. The van der Waals surface area contributed by atoms with Crippen molar-refractivity contribution in [2.75, 3.05) is 51.3 Å². The van der Waals surface area contributed by atoms with Crippen LogP contribution >= 0.6 is 11.3 Å². The van der Waals surface area contributed by atoms with Crippen molar-refractivity contribution in [1.29, 1.82) is 0 Å². The van der Waals surface area contributed by atoms with E-state index in [0.717, 1.165) is 18.0 Å². The van der Waals surface area contributed by atoms with Crippen LogP contribution in [-0.4, -0.2) is 73.2 Å². The number of ether oxygens (including phenoxy) is 1. The number of hydrogen-bond donors (Lipinski definition) is 1. The number of rotatable bonds is 6. The van der Waals surface area contributed by atoms with Crippen LogP contribution < -0.4 is 9.64 Å². The lowest BCUT2D eigenvalue weighted by molar-refractivity contribution is -0.120. The van der Waals surface area contributed by atoms with Gasteiger partial charge in [0.15, 0.2) is 0 Å². The molecule has 2 aromatic rings. The molecule has 0 bridgehead atoms. The van der Waals surface area contributed by atoms with E-state index in [-0.39, 0.29) is 18.4 Å². The number of hydrogen-bond acceptors (Lipinski definition) is 7. The number of imide groups is 1.